The number of aromatic nitrogens is 4. The average molecular weight is 303 g/mol. The van der Waals surface area contributed by atoms with Gasteiger partial charge in [-0.25, -0.2) is 4.98 Å². The van der Waals surface area contributed by atoms with Crippen LogP contribution in [0.4, 0.5) is 0 Å². The molecule has 0 fully saturated rings. The fraction of sp³-hybridized carbons (Fsp3) is 0.267. The first-order valence-electron chi connectivity index (χ1n) is 6.75. The number of aryl methyl sites for hydroxylation is 2. The van der Waals surface area contributed by atoms with E-state index in [1.165, 1.54) is 0 Å². The summed E-state index contributed by atoms with van der Waals surface area (Å²) in [6, 6.07) is 5.55. The third kappa shape index (κ3) is 2.89. The zero-order valence-corrected chi connectivity index (χ0v) is 12.4. The van der Waals surface area contributed by atoms with E-state index >= 15 is 0 Å². The van der Waals surface area contributed by atoms with Gasteiger partial charge in [0.1, 0.15) is 5.15 Å². The molecule has 3 heterocycles. The van der Waals surface area contributed by atoms with E-state index in [0.29, 0.717) is 18.1 Å². The highest BCUT2D eigenvalue weighted by Crippen LogP contribution is 2.25. The smallest absolute Gasteiger partial charge is 0.129 e. The number of aliphatic hydroxyl groups excluding tert-OH is 1. The van der Waals surface area contributed by atoms with E-state index in [4.69, 9.17) is 16.7 Å². The van der Waals surface area contributed by atoms with Crippen molar-refractivity contribution in [3.05, 3.63) is 41.4 Å². The molecule has 0 unspecified atom stereocenters. The molecule has 1 N–H and O–H groups in total. The van der Waals surface area contributed by atoms with E-state index in [0.717, 1.165) is 27.9 Å². The maximum Gasteiger partial charge on any atom is 0.129 e. The average Bonchev–Trinajstić information content (AvgIpc) is 2.85. The SMILES string of the molecule is Cc1nn(CCCO)cc1-c1cnc2ccc(Cl)nc2c1. The fourth-order valence-corrected chi connectivity index (χ4v) is 2.43. The number of pyridine rings is 2. The van der Waals surface area contributed by atoms with E-state index in [9.17, 15) is 0 Å². The maximum atomic E-state index is 8.89. The topological polar surface area (TPSA) is 63.8 Å². The van der Waals surface area contributed by atoms with Crippen molar-refractivity contribution < 1.29 is 5.11 Å². The highest BCUT2D eigenvalue weighted by Gasteiger charge is 2.09. The lowest BCUT2D eigenvalue weighted by molar-refractivity contribution is 0.277. The number of nitrogens with zero attached hydrogens (tertiary/aromatic N) is 4. The molecule has 0 aliphatic rings. The molecule has 3 aromatic rings. The number of aliphatic hydroxyl groups is 1. The molecule has 0 aliphatic carbocycles. The summed E-state index contributed by atoms with van der Waals surface area (Å²) in [5, 5.41) is 13.8. The van der Waals surface area contributed by atoms with Crippen LogP contribution < -0.4 is 0 Å². The van der Waals surface area contributed by atoms with Crippen molar-refractivity contribution in [2.45, 2.75) is 19.9 Å². The van der Waals surface area contributed by atoms with Crippen molar-refractivity contribution >= 4 is 22.6 Å². The molecular weight excluding hydrogens is 288 g/mol. The van der Waals surface area contributed by atoms with Crippen LogP contribution in [0.25, 0.3) is 22.2 Å². The zero-order chi connectivity index (χ0) is 14.8. The van der Waals surface area contributed by atoms with Gasteiger partial charge in [0.2, 0.25) is 0 Å². The number of fused-ring (bicyclic) bond motifs is 1. The minimum absolute atomic E-state index is 0.161. The first kappa shape index (κ1) is 14.0. The van der Waals surface area contributed by atoms with Crippen molar-refractivity contribution in [1.82, 2.24) is 19.7 Å². The summed E-state index contributed by atoms with van der Waals surface area (Å²) in [6.07, 6.45) is 4.48. The Balaban J connectivity index is 2.01. The number of hydrogen-bond donors (Lipinski definition) is 1. The van der Waals surface area contributed by atoms with Gasteiger partial charge in [0.15, 0.2) is 0 Å². The molecule has 108 valence electrons. The van der Waals surface area contributed by atoms with Gasteiger partial charge >= 0.3 is 0 Å². The Labute approximate surface area is 127 Å². The Morgan fingerprint density at radius 3 is 2.95 bits per heavy atom. The molecule has 0 aromatic carbocycles. The van der Waals surface area contributed by atoms with Crippen LogP contribution in [-0.2, 0) is 6.54 Å². The third-order valence-corrected chi connectivity index (χ3v) is 3.52. The van der Waals surface area contributed by atoms with Crippen LogP contribution in [0, 0.1) is 6.92 Å². The lowest BCUT2D eigenvalue weighted by atomic mass is 10.1. The van der Waals surface area contributed by atoms with Crippen LogP contribution in [-0.4, -0.2) is 31.5 Å². The largest absolute Gasteiger partial charge is 0.396 e. The second kappa shape index (κ2) is 5.79. The summed E-state index contributed by atoms with van der Waals surface area (Å²) in [4.78, 5) is 8.70. The van der Waals surface area contributed by atoms with Gasteiger partial charge in [-0.05, 0) is 31.5 Å². The third-order valence-electron chi connectivity index (χ3n) is 3.31. The Kier molecular flexibility index (Phi) is 3.86. The quantitative estimate of drug-likeness (QED) is 0.753. The molecule has 0 spiro atoms. The molecule has 5 nitrogen and oxygen atoms in total. The van der Waals surface area contributed by atoms with Crippen LogP contribution in [0.2, 0.25) is 5.15 Å². The summed E-state index contributed by atoms with van der Waals surface area (Å²) in [7, 11) is 0. The second-order valence-corrected chi connectivity index (χ2v) is 5.25. The maximum absolute atomic E-state index is 8.89. The Morgan fingerprint density at radius 2 is 2.14 bits per heavy atom. The predicted octanol–water partition coefficient (Wildman–Crippen LogP) is 2.84. The molecule has 0 saturated heterocycles. The molecule has 3 rings (SSSR count). The van der Waals surface area contributed by atoms with Gasteiger partial charge in [0.05, 0.1) is 16.7 Å². The van der Waals surface area contributed by atoms with Crippen LogP contribution in [0.5, 0.6) is 0 Å². The molecule has 0 bridgehead atoms. The highest BCUT2D eigenvalue weighted by atomic mass is 35.5. The van der Waals surface area contributed by atoms with Crippen molar-refractivity contribution in [1.29, 1.82) is 0 Å². The van der Waals surface area contributed by atoms with Crippen molar-refractivity contribution in [3.63, 3.8) is 0 Å². The minimum Gasteiger partial charge on any atom is -0.396 e. The summed E-state index contributed by atoms with van der Waals surface area (Å²) < 4.78 is 1.84. The molecule has 0 atom stereocenters. The predicted molar refractivity (Wildman–Crippen MR) is 82.2 cm³/mol. The van der Waals surface area contributed by atoms with Crippen LogP contribution in [0.15, 0.2) is 30.6 Å². The summed E-state index contributed by atoms with van der Waals surface area (Å²) >= 11 is 5.93. The number of rotatable bonds is 4. The molecular formula is C15H15ClN4O. The van der Waals surface area contributed by atoms with Gasteiger partial charge in [-0.1, -0.05) is 11.6 Å². The van der Waals surface area contributed by atoms with Crippen LogP contribution in [0.3, 0.4) is 0 Å². The van der Waals surface area contributed by atoms with Gasteiger partial charge in [-0.15, -0.1) is 0 Å². The second-order valence-electron chi connectivity index (χ2n) is 4.86. The summed E-state index contributed by atoms with van der Waals surface area (Å²) in [5.41, 5.74) is 4.49. The van der Waals surface area contributed by atoms with Gasteiger partial charge in [0, 0.05) is 36.7 Å². The van der Waals surface area contributed by atoms with Crippen molar-refractivity contribution in [3.8, 4) is 11.1 Å². The van der Waals surface area contributed by atoms with Crippen LogP contribution in [0.1, 0.15) is 12.1 Å². The zero-order valence-electron chi connectivity index (χ0n) is 11.6. The van der Waals surface area contributed by atoms with Crippen molar-refractivity contribution in [2.75, 3.05) is 6.61 Å². The standard InChI is InChI=1S/C15H15ClN4O/c1-10-12(9-20(19-10)5-2-6-21)11-7-14-13(17-8-11)3-4-15(16)18-14/h3-4,7-9,21H,2,5-6H2,1H3. The molecule has 21 heavy (non-hydrogen) atoms. The molecule has 6 heteroatoms. The van der Waals surface area contributed by atoms with E-state index < -0.39 is 0 Å². The molecule has 3 aromatic heterocycles. The summed E-state index contributed by atoms with van der Waals surface area (Å²) in [6.45, 7) is 2.82. The molecule has 0 radical (unpaired) electrons. The Hall–Kier alpha value is -1.98. The van der Waals surface area contributed by atoms with Gasteiger partial charge < -0.3 is 5.11 Å². The first-order chi connectivity index (χ1) is 10.2. The van der Waals surface area contributed by atoms with Gasteiger partial charge in [0.25, 0.3) is 0 Å². The number of halogens is 1. The highest BCUT2D eigenvalue weighted by molar-refractivity contribution is 6.29. The van der Waals surface area contributed by atoms with Crippen LogP contribution >= 0.6 is 11.6 Å². The Morgan fingerprint density at radius 1 is 1.29 bits per heavy atom. The van der Waals surface area contributed by atoms with E-state index in [1.807, 2.05) is 36.1 Å². The lowest BCUT2D eigenvalue weighted by Crippen LogP contribution is -2.00. The molecule has 0 saturated carbocycles. The van der Waals surface area contributed by atoms with E-state index in [1.54, 1.807) is 6.07 Å². The van der Waals surface area contributed by atoms with Gasteiger partial charge in [-0.3, -0.25) is 9.67 Å². The van der Waals surface area contributed by atoms with Crippen molar-refractivity contribution in [2.24, 2.45) is 0 Å². The summed E-state index contributed by atoms with van der Waals surface area (Å²) in [5.74, 6) is 0. The first-order valence-corrected chi connectivity index (χ1v) is 7.13. The minimum atomic E-state index is 0.161. The van der Waals surface area contributed by atoms with E-state index in [2.05, 4.69) is 15.1 Å². The molecule has 0 aliphatic heterocycles. The molecule has 0 amide bonds. The number of hydrogen-bond acceptors (Lipinski definition) is 4. The van der Waals surface area contributed by atoms with E-state index in [-0.39, 0.29) is 6.61 Å². The Bertz CT molecular complexity index is 784. The lowest BCUT2D eigenvalue weighted by Gasteiger charge is -2.02. The van der Waals surface area contributed by atoms with Gasteiger partial charge in [-0.2, -0.15) is 5.10 Å². The monoisotopic (exact) mass is 302 g/mol. The normalized spacial score (nSPS) is 11.2. The fourth-order valence-electron chi connectivity index (χ4n) is 2.28.